The lowest BCUT2D eigenvalue weighted by Gasteiger charge is -2.27. The lowest BCUT2D eigenvalue weighted by Crippen LogP contribution is -2.40. The molecule has 0 aromatic heterocycles. The number of nitrogens with zero attached hydrogens (tertiary/aromatic N) is 1. The van der Waals surface area contributed by atoms with Crippen LogP contribution in [0.3, 0.4) is 0 Å². The highest BCUT2D eigenvalue weighted by molar-refractivity contribution is 4.73. The van der Waals surface area contributed by atoms with Crippen molar-refractivity contribution in [1.29, 1.82) is 0 Å². The number of rotatable bonds is 9. The highest BCUT2D eigenvalue weighted by Crippen LogP contribution is 2.28. The Morgan fingerprint density at radius 1 is 1.33 bits per heavy atom. The minimum atomic E-state index is 0.228. The lowest BCUT2D eigenvalue weighted by atomic mass is 10.1. The minimum Gasteiger partial charge on any atom is -0.380 e. The molecule has 1 fully saturated rings. The molecule has 0 amide bonds. The van der Waals surface area contributed by atoms with Crippen LogP contribution in [0.25, 0.3) is 0 Å². The molecule has 1 aliphatic rings. The maximum atomic E-state index is 5.68. The smallest absolute Gasteiger partial charge is 0.0593 e. The molecular formula is C15H32N2O. The number of hydrogen-bond donors (Lipinski definition) is 1. The minimum absolute atomic E-state index is 0.228. The molecular weight excluding hydrogens is 224 g/mol. The van der Waals surface area contributed by atoms with Crippen molar-refractivity contribution in [3.05, 3.63) is 0 Å². The van der Waals surface area contributed by atoms with Gasteiger partial charge in [-0.2, -0.15) is 0 Å². The third kappa shape index (κ3) is 8.06. The molecule has 0 heterocycles. The standard InChI is InChI=1S/C15H32N2O/c1-13(8-9-16-15(2,3)4)17(5)10-11-18-12-14-6-7-14/h13-14,16H,6-12H2,1-5H3. The summed E-state index contributed by atoms with van der Waals surface area (Å²) in [5.74, 6) is 0.878. The molecule has 0 aromatic carbocycles. The predicted molar refractivity (Wildman–Crippen MR) is 78.0 cm³/mol. The van der Waals surface area contributed by atoms with Gasteiger partial charge in [0, 0.05) is 24.7 Å². The van der Waals surface area contributed by atoms with Crippen LogP contribution in [-0.4, -0.2) is 49.8 Å². The van der Waals surface area contributed by atoms with E-state index in [2.05, 4.69) is 45.0 Å². The summed E-state index contributed by atoms with van der Waals surface area (Å²) in [7, 11) is 2.20. The van der Waals surface area contributed by atoms with Crippen molar-refractivity contribution in [2.75, 3.05) is 33.4 Å². The van der Waals surface area contributed by atoms with Crippen LogP contribution in [0.5, 0.6) is 0 Å². The van der Waals surface area contributed by atoms with Crippen LogP contribution in [0, 0.1) is 5.92 Å². The highest BCUT2D eigenvalue weighted by atomic mass is 16.5. The predicted octanol–water partition coefficient (Wildman–Crippen LogP) is 2.51. The van der Waals surface area contributed by atoms with Gasteiger partial charge in [0.1, 0.15) is 0 Å². The van der Waals surface area contributed by atoms with Crippen molar-refractivity contribution >= 4 is 0 Å². The lowest BCUT2D eigenvalue weighted by molar-refractivity contribution is 0.0921. The van der Waals surface area contributed by atoms with Crippen molar-refractivity contribution in [3.8, 4) is 0 Å². The SMILES string of the molecule is CC(CCNC(C)(C)C)N(C)CCOCC1CC1. The Balaban J connectivity index is 1.98. The van der Waals surface area contributed by atoms with Gasteiger partial charge >= 0.3 is 0 Å². The third-order valence-electron chi connectivity index (χ3n) is 3.61. The van der Waals surface area contributed by atoms with Crippen LogP contribution in [-0.2, 0) is 4.74 Å². The molecule has 0 bridgehead atoms. The summed E-state index contributed by atoms with van der Waals surface area (Å²) in [5, 5.41) is 3.54. The Bertz CT molecular complexity index is 221. The zero-order chi connectivity index (χ0) is 13.6. The van der Waals surface area contributed by atoms with E-state index in [4.69, 9.17) is 4.74 Å². The Labute approximate surface area is 113 Å². The molecule has 0 spiro atoms. The molecule has 1 rings (SSSR count). The van der Waals surface area contributed by atoms with Crippen LogP contribution in [0.1, 0.15) is 47.0 Å². The first-order chi connectivity index (χ1) is 8.38. The van der Waals surface area contributed by atoms with Crippen LogP contribution in [0.4, 0.5) is 0 Å². The molecule has 1 N–H and O–H groups in total. The first-order valence-corrected chi connectivity index (χ1v) is 7.41. The van der Waals surface area contributed by atoms with Crippen LogP contribution >= 0.6 is 0 Å². The number of likely N-dealkylation sites (N-methyl/N-ethyl adjacent to an activating group) is 1. The van der Waals surface area contributed by atoms with Crippen LogP contribution < -0.4 is 5.32 Å². The van der Waals surface area contributed by atoms with E-state index in [9.17, 15) is 0 Å². The first kappa shape index (κ1) is 15.9. The van der Waals surface area contributed by atoms with Crippen LogP contribution in [0.15, 0.2) is 0 Å². The molecule has 0 aromatic rings. The quantitative estimate of drug-likeness (QED) is 0.642. The second-order valence-corrected chi connectivity index (χ2v) is 6.81. The van der Waals surface area contributed by atoms with E-state index in [1.807, 2.05) is 0 Å². The second-order valence-electron chi connectivity index (χ2n) is 6.81. The van der Waals surface area contributed by atoms with E-state index in [1.54, 1.807) is 0 Å². The van der Waals surface area contributed by atoms with Gasteiger partial charge in [-0.15, -0.1) is 0 Å². The Morgan fingerprint density at radius 3 is 2.56 bits per heavy atom. The molecule has 0 saturated heterocycles. The van der Waals surface area contributed by atoms with E-state index >= 15 is 0 Å². The monoisotopic (exact) mass is 256 g/mol. The van der Waals surface area contributed by atoms with Gasteiger partial charge in [-0.3, -0.25) is 0 Å². The summed E-state index contributed by atoms with van der Waals surface area (Å²) >= 11 is 0. The molecule has 18 heavy (non-hydrogen) atoms. The van der Waals surface area contributed by atoms with Gasteiger partial charge in [0.05, 0.1) is 6.61 Å². The van der Waals surface area contributed by atoms with Crippen molar-refractivity contribution < 1.29 is 4.74 Å². The molecule has 108 valence electrons. The molecule has 1 atom stereocenters. The van der Waals surface area contributed by atoms with Gasteiger partial charge < -0.3 is 15.0 Å². The largest absolute Gasteiger partial charge is 0.380 e. The Kier molecular flexibility index (Phi) is 6.61. The zero-order valence-electron chi connectivity index (χ0n) is 13.0. The fourth-order valence-corrected chi connectivity index (χ4v) is 1.84. The average Bonchev–Trinajstić information content (AvgIpc) is 3.06. The summed E-state index contributed by atoms with van der Waals surface area (Å²) in [6.07, 6.45) is 3.95. The Morgan fingerprint density at radius 2 is 2.00 bits per heavy atom. The topological polar surface area (TPSA) is 24.5 Å². The van der Waals surface area contributed by atoms with Gasteiger partial charge in [-0.05, 0) is 66.5 Å². The summed E-state index contributed by atoms with van der Waals surface area (Å²) < 4.78 is 5.68. The van der Waals surface area contributed by atoms with Crippen molar-refractivity contribution in [3.63, 3.8) is 0 Å². The van der Waals surface area contributed by atoms with Crippen LogP contribution in [0.2, 0.25) is 0 Å². The average molecular weight is 256 g/mol. The van der Waals surface area contributed by atoms with E-state index in [0.29, 0.717) is 6.04 Å². The van der Waals surface area contributed by atoms with E-state index < -0.39 is 0 Å². The number of ether oxygens (including phenoxy) is 1. The summed E-state index contributed by atoms with van der Waals surface area (Å²) in [4.78, 5) is 2.40. The summed E-state index contributed by atoms with van der Waals surface area (Å²) in [6.45, 7) is 12.9. The molecule has 1 aliphatic carbocycles. The Hall–Kier alpha value is -0.120. The third-order valence-corrected chi connectivity index (χ3v) is 3.61. The highest BCUT2D eigenvalue weighted by Gasteiger charge is 2.21. The van der Waals surface area contributed by atoms with Gasteiger partial charge in [0.2, 0.25) is 0 Å². The van der Waals surface area contributed by atoms with E-state index in [-0.39, 0.29) is 5.54 Å². The van der Waals surface area contributed by atoms with E-state index in [0.717, 1.165) is 32.2 Å². The molecule has 1 unspecified atom stereocenters. The van der Waals surface area contributed by atoms with Gasteiger partial charge in [0.15, 0.2) is 0 Å². The van der Waals surface area contributed by atoms with Crippen molar-refractivity contribution in [1.82, 2.24) is 10.2 Å². The number of nitrogens with one attached hydrogen (secondary N) is 1. The maximum absolute atomic E-state index is 5.68. The maximum Gasteiger partial charge on any atom is 0.0593 e. The van der Waals surface area contributed by atoms with Crippen molar-refractivity contribution in [2.24, 2.45) is 5.92 Å². The molecule has 3 heteroatoms. The van der Waals surface area contributed by atoms with Crippen molar-refractivity contribution in [2.45, 2.75) is 58.5 Å². The summed E-state index contributed by atoms with van der Waals surface area (Å²) in [5.41, 5.74) is 0.228. The van der Waals surface area contributed by atoms with Gasteiger partial charge in [0.25, 0.3) is 0 Å². The second kappa shape index (κ2) is 7.46. The fraction of sp³-hybridized carbons (Fsp3) is 1.00. The molecule has 3 nitrogen and oxygen atoms in total. The van der Waals surface area contributed by atoms with Gasteiger partial charge in [-0.25, -0.2) is 0 Å². The molecule has 1 saturated carbocycles. The fourth-order valence-electron chi connectivity index (χ4n) is 1.84. The molecule has 0 aliphatic heterocycles. The summed E-state index contributed by atoms with van der Waals surface area (Å²) in [6, 6.07) is 0.615. The zero-order valence-corrected chi connectivity index (χ0v) is 13.0. The molecule has 0 radical (unpaired) electrons. The van der Waals surface area contributed by atoms with Gasteiger partial charge in [-0.1, -0.05) is 0 Å². The number of hydrogen-bond acceptors (Lipinski definition) is 3. The normalized spacial score (nSPS) is 18.3. The van der Waals surface area contributed by atoms with E-state index in [1.165, 1.54) is 19.3 Å². The first-order valence-electron chi connectivity index (χ1n) is 7.41.